The van der Waals surface area contributed by atoms with Crippen LogP contribution in [-0.2, 0) is 0 Å². The Morgan fingerprint density at radius 1 is 1.62 bits per heavy atom. The number of hydrogen-bond donors (Lipinski definition) is 1. The van der Waals surface area contributed by atoms with Crippen molar-refractivity contribution >= 4 is 33.4 Å². The molecule has 0 bridgehead atoms. The first-order chi connectivity index (χ1) is 6.16. The van der Waals surface area contributed by atoms with E-state index in [2.05, 4.69) is 21.2 Å². The van der Waals surface area contributed by atoms with Gasteiger partial charge >= 0.3 is 0 Å². The molecule has 0 spiro atoms. The molecule has 1 rings (SSSR count). The molecule has 1 aromatic carbocycles. The minimum Gasteiger partial charge on any atom is -0.352 e. The Morgan fingerprint density at radius 3 is 2.92 bits per heavy atom. The van der Waals surface area contributed by atoms with Gasteiger partial charge in [0.25, 0.3) is 5.91 Å². The predicted octanol–water partition coefficient (Wildman–Crippen LogP) is 2.85. The number of nitrogens with one attached hydrogen (secondary N) is 1. The summed E-state index contributed by atoms with van der Waals surface area (Å²) in [7, 11) is 0. The maximum absolute atomic E-state index is 11.4. The monoisotopic (exact) mass is 261 g/mol. The van der Waals surface area contributed by atoms with E-state index in [-0.39, 0.29) is 5.91 Å². The summed E-state index contributed by atoms with van der Waals surface area (Å²) in [4.78, 5) is 11.4. The van der Waals surface area contributed by atoms with Gasteiger partial charge in [-0.2, -0.15) is 0 Å². The lowest BCUT2D eigenvalue weighted by Crippen LogP contribution is -2.22. The standard InChI is InChI=1S/C9H9BrClNO/c1-2-12-9(13)6-4-3-5-7(11)8(6)10/h3-5H,2H2,1H3,(H,12,13). The fourth-order valence-corrected chi connectivity index (χ4v) is 1.55. The number of halogens is 2. The minimum atomic E-state index is -0.114. The second-order valence-corrected chi connectivity index (χ2v) is 3.66. The van der Waals surface area contributed by atoms with Crippen molar-refractivity contribution in [1.29, 1.82) is 0 Å². The molecule has 0 unspecified atom stereocenters. The van der Waals surface area contributed by atoms with Crippen LogP contribution >= 0.6 is 27.5 Å². The second kappa shape index (κ2) is 4.63. The van der Waals surface area contributed by atoms with Gasteiger partial charge in [0, 0.05) is 11.0 Å². The largest absolute Gasteiger partial charge is 0.352 e. The van der Waals surface area contributed by atoms with Crippen molar-refractivity contribution in [1.82, 2.24) is 5.32 Å². The van der Waals surface area contributed by atoms with Crippen LogP contribution in [0.2, 0.25) is 5.02 Å². The molecule has 0 saturated heterocycles. The Bertz CT molecular complexity index is 327. The maximum Gasteiger partial charge on any atom is 0.252 e. The smallest absolute Gasteiger partial charge is 0.252 e. The van der Waals surface area contributed by atoms with Crippen molar-refractivity contribution in [2.24, 2.45) is 0 Å². The highest BCUT2D eigenvalue weighted by Gasteiger charge is 2.10. The van der Waals surface area contributed by atoms with Crippen molar-refractivity contribution in [2.45, 2.75) is 6.92 Å². The van der Waals surface area contributed by atoms with Gasteiger partial charge in [-0.1, -0.05) is 17.7 Å². The highest BCUT2D eigenvalue weighted by molar-refractivity contribution is 9.10. The summed E-state index contributed by atoms with van der Waals surface area (Å²) in [5.74, 6) is -0.114. The molecule has 0 radical (unpaired) electrons. The molecule has 0 atom stereocenters. The summed E-state index contributed by atoms with van der Waals surface area (Å²) < 4.78 is 0.641. The summed E-state index contributed by atoms with van der Waals surface area (Å²) in [6, 6.07) is 5.20. The zero-order chi connectivity index (χ0) is 9.84. The van der Waals surface area contributed by atoms with Crippen LogP contribution in [0.5, 0.6) is 0 Å². The Balaban J connectivity index is 3.01. The summed E-state index contributed by atoms with van der Waals surface area (Å²) in [5.41, 5.74) is 0.564. The molecular formula is C9H9BrClNO. The van der Waals surface area contributed by atoms with Crippen LogP contribution in [0.4, 0.5) is 0 Å². The van der Waals surface area contributed by atoms with E-state index in [0.717, 1.165) is 0 Å². The molecule has 0 aromatic heterocycles. The Hall–Kier alpha value is -0.540. The molecule has 1 amide bonds. The first-order valence-corrected chi connectivity index (χ1v) is 5.06. The van der Waals surface area contributed by atoms with E-state index >= 15 is 0 Å². The number of rotatable bonds is 2. The average Bonchev–Trinajstić information content (AvgIpc) is 2.10. The fourth-order valence-electron chi connectivity index (χ4n) is 0.935. The van der Waals surface area contributed by atoms with E-state index in [1.807, 2.05) is 6.92 Å². The lowest BCUT2D eigenvalue weighted by atomic mass is 10.2. The van der Waals surface area contributed by atoms with Crippen molar-refractivity contribution in [3.8, 4) is 0 Å². The molecule has 2 nitrogen and oxygen atoms in total. The van der Waals surface area contributed by atoms with Gasteiger partial charge in [0.05, 0.1) is 10.6 Å². The molecule has 4 heteroatoms. The number of benzene rings is 1. The van der Waals surface area contributed by atoms with E-state index in [9.17, 15) is 4.79 Å². The van der Waals surface area contributed by atoms with E-state index < -0.39 is 0 Å². The van der Waals surface area contributed by atoms with Crippen LogP contribution in [0.3, 0.4) is 0 Å². The molecule has 0 saturated carbocycles. The van der Waals surface area contributed by atoms with Gasteiger partial charge in [0.2, 0.25) is 0 Å². The average molecular weight is 263 g/mol. The van der Waals surface area contributed by atoms with Crippen molar-refractivity contribution < 1.29 is 4.79 Å². The van der Waals surface area contributed by atoms with Gasteiger partial charge in [-0.3, -0.25) is 4.79 Å². The molecule has 13 heavy (non-hydrogen) atoms. The van der Waals surface area contributed by atoms with E-state index in [0.29, 0.717) is 21.6 Å². The second-order valence-electron chi connectivity index (χ2n) is 2.46. The Morgan fingerprint density at radius 2 is 2.31 bits per heavy atom. The number of hydrogen-bond acceptors (Lipinski definition) is 1. The summed E-state index contributed by atoms with van der Waals surface area (Å²) in [5, 5.41) is 3.25. The Labute approximate surface area is 90.4 Å². The van der Waals surface area contributed by atoms with Crippen LogP contribution in [0.25, 0.3) is 0 Å². The molecule has 1 N–H and O–H groups in total. The van der Waals surface area contributed by atoms with Gasteiger partial charge in [0.1, 0.15) is 0 Å². The lowest BCUT2D eigenvalue weighted by molar-refractivity contribution is 0.0955. The number of amides is 1. The van der Waals surface area contributed by atoms with Crippen molar-refractivity contribution in [3.63, 3.8) is 0 Å². The first kappa shape index (κ1) is 10.5. The zero-order valence-corrected chi connectivity index (χ0v) is 9.45. The van der Waals surface area contributed by atoms with Crippen molar-refractivity contribution in [2.75, 3.05) is 6.54 Å². The van der Waals surface area contributed by atoms with E-state index in [1.54, 1.807) is 18.2 Å². The number of carbonyl (C=O) groups is 1. The molecule has 0 aliphatic carbocycles. The summed E-state index contributed by atoms with van der Waals surface area (Å²) in [6.07, 6.45) is 0. The summed E-state index contributed by atoms with van der Waals surface area (Å²) >= 11 is 9.09. The van der Waals surface area contributed by atoms with Crippen LogP contribution < -0.4 is 5.32 Å². The molecule has 1 aromatic rings. The Kier molecular flexibility index (Phi) is 3.75. The summed E-state index contributed by atoms with van der Waals surface area (Å²) in [6.45, 7) is 2.48. The quantitative estimate of drug-likeness (QED) is 0.872. The predicted molar refractivity (Wildman–Crippen MR) is 57.2 cm³/mol. The molecule has 0 aliphatic heterocycles. The van der Waals surface area contributed by atoms with E-state index in [4.69, 9.17) is 11.6 Å². The molecule has 0 aliphatic rings. The van der Waals surface area contributed by atoms with Gasteiger partial charge in [-0.05, 0) is 35.0 Å². The normalized spacial score (nSPS) is 9.77. The highest BCUT2D eigenvalue weighted by Crippen LogP contribution is 2.25. The van der Waals surface area contributed by atoms with Gasteiger partial charge in [-0.15, -0.1) is 0 Å². The van der Waals surface area contributed by atoms with Crippen LogP contribution in [0.1, 0.15) is 17.3 Å². The minimum absolute atomic E-state index is 0.114. The van der Waals surface area contributed by atoms with E-state index in [1.165, 1.54) is 0 Å². The molecule has 0 fully saturated rings. The molecule has 70 valence electrons. The molecular weight excluding hydrogens is 253 g/mol. The van der Waals surface area contributed by atoms with Crippen molar-refractivity contribution in [3.05, 3.63) is 33.3 Å². The maximum atomic E-state index is 11.4. The highest BCUT2D eigenvalue weighted by atomic mass is 79.9. The molecule has 0 heterocycles. The topological polar surface area (TPSA) is 29.1 Å². The van der Waals surface area contributed by atoms with Crippen LogP contribution in [-0.4, -0.2) is 12.5 Å². The fraction of sp³-hybridized carbons (Fsp3) is 0.222. The van der Waals surface area contributed by atoms with Crippen LogP contribution in [0.15, 0.2) is 22.7 Å². The van der Waals surface area contributed by atoms with Crippen LogP contribution in [0, 0.1) is 0 Å². The SMILES string of the molecule is CCNC(=O)c1cccc(Cl)c1Br. The third-order valence-corrected chi connectivity index (χ3v) is 2.93. The van der Waals surface area contributed by atoms with Gasteiger partial charge < -0.3 is 5.32 Å². The third kappa shape index (κ3) is 2.45. The lowest BCUT2D eigenvalue weighted by Gasteiger charge is -2.05. The zero-order valence-electron chi connectivity index (χ0n) is 7.10. The number of carbonyl (C=O) groups excluding carboxylic acids is 1. The first-order valence-electron chi connectivity index (χ1n) is 3.89. The third-order valence-electron chi connectivity index (χ3n) is 1.53. The van der Waals surface area contributed by atoms with Gasteiger partial charge in [0.15, 0.2) is 0 Å². The van der Waals surface area contributed by atoms with Gasteiger partial charge in [-0.25, -0.2) is 0 Å².